The molecule has 2 fully saturated rings. The van der Waals surface area contributed by atoms with Crippen molar-refractivity contribution in [2.24, 2.45) is 35.5 Å². The minimum absolute atomic E-state index is 0.0657. The van der Waals surface area contributed by atoms with Crippen LogP contribution in [0.4, 0.5) is 57.1 Å². The molecule has 0 bridgehead atoms. The Morgan fingerprint density at radius 1 is 0.818 bits per heavy atom. The zero-order chi connectivity index (χ0) is 41.5. The maximum atomic E-state index is 15.5. The van der Waals surface area contributed by atoms with Gasteiger partial charge in [0.2, 0.25) is 0 Å². The van der Waals surface area contributed by atoms with Crippen LogP contribution in [0, 0.1) is 35.5 Å². The Hall–Kier alpha value is -2.67. The van der Waals surface area contributed by atoms with Crippen LogP contribution in [0.5, 0.6) is 0 Å². The molecule has 2 aliphatic rings. The van der Waals surface area contributed by atoms with Gasteiger partial charge in [-0.15, -0.1) is 0 Å². The monoisotopic (exact) mass is 833 g/mol. The molecule has 0 radical (unpaired) electrons. The standard InChI is InChI=1S/C36H43F13O5S/c1-3-53-12-11-25-15-23(16-28(25)31(37,38)32(39,40)33(41,42)34(43,44)35(45,46)36(47,48)49)9-10-24-18-26(19-27(24)20-54-14-13-52-2)29(55-21-30(50)51)17-22-7-5-4-6-8-22/h4-12,23-29H,3,13-21H2,1-2H3,(H,50,51)/p-1/b10-9+,12-11-. The van der Waals surface area contributed by atoms with Gasteiger partial charge in [-0.05, 0) is 80.3 Å². The molecule has 1 aromatic rings. The molecule has 55 heavy (non-hydrogen) atoms. The van der Waals surface area contributed by atoms with E-state index in [0.29, 0.717) is 19.3 Å². The van der Waals surface area contributed by atoms with Crippen LogP contribution in [0.2, 0.25) is 0 Å². The number of carbonyl (C=O) groups is 1. The van der Waals surface area contributed by atoms with Crippen LogP contribution in [0.25, 0.3) is 0 Å². The van der Waals surface area contributed by atoms with Crippen LogP contribution in [0.3, 0.4) is 0 Å². The lowest BCUT2D eigenvalue weighted by Crippen LogP contribution is -2.71. The van der Waals surface area contributed by atoms with Crippen LogP contribution in [0.1, 0.15) is 38.2 Å². The third-order valence-corrected chi connectivity index (χ3v) is 11.4. The number of allylic oxidation sites excluding steroid dienone is 3. The summed E-state index contributed by atoms with van der Waals surface area (Å²) in [5, 5.41) is 11.1. The number of carboxylic acid groups (broad SMARTS) is 1. The Labute approximate surface area is 314 Å². The molecule has 0 saturated heterocycles. The topological polar surface area (TPSA) is 67.8 Å². The number of carbonyl (C=O) groups excluding carboxylic acids is 1. The van der Waals surface area contributed by atoms with Gasteiger partial charge in [-0.25, -0.2) is 0 Å². The van der Waals surface area contributed by atoms with Crippen LogP contribution in [0.15, 0.2) is 54.8 Å². The van der Waals surface area contributed by atoms with Crippen molar-refractivity contribution < 1.29 is 81.2 Å². The van der Waals surface area contributed by atoms with E-state index in [4.69, 9.17) is 14.2 Å². The normalized spacial score (nSPS) is 25.3. The molecule has 0 aromatic heterocycles. The predicted octanol–water partition coefficient (Wildman–Crippen LogP) is 8.87. The lowest BCUT2D eigenvalue weighted by Gasteiger charge is -2.42. The molecule has 0 aliphatic heterocycles. The number of rotatable bonds is 21. The van der Waals surface area contributed by atoms with E-state index in [0.717, 1.165) is 17.9 Å². The van der Waals surface area contributed by atoms with Crippen molar-refractivity contribution in [3.05, 3.63) is 60.4 Å². The molecule has 2 aliphatic carbocycles. The number of aliphatic carboxylic acids is 1. The first-order chi connectivity index (χ1) is 25.5. The second kappa shape index (κ2) is 18.7. The zero-order valence-electron chi connectivity index (χ0n) is 29.7. The Bertz CT molecular complexity index is 1420. The van der Waals surface area contributed by atoms with E-state index in [1.807, 2.05) is 30.3 Å². The highest BCUT2D eigenvalue weighted by molar-refractivity contribution is 8.00. The fraction of sp³-hybridized carbons (Fsp3) is 0.694. The van der Waals surface area contributed by atoms with Gasteiger partial charge in [-0.3, -0.25) is 0 Å². The molecular weight excluding hydrogens is 791 g/mol. The summed E-state index contributed by atoms with van der Waals surface area (Å²) in [7, 11) is 1.46. The SMILES string of the molecule is CCO/C=C\C1CC(/C=C/C2CC(C(Cc3ccccc3)SCC(=O)[O-])CC2COCCOC)CC1C(F)(F)C(F)(F)C(F)(F)C(F)(F)C(F)(F)C(F)(F)F. The molecular formula is C36H42F13O5S-. The van der Waals surface area contributed by atoms with Crippen LogP contribution in [-0.4, -0.2) is 86.3 Å². The van der Waals surface area contributed by atoms with Gasteiger partial charge in [0.15, 0.2) is 0 Å². The van der Waals surface area contributed by atoms with Crippen molar-refractivity contribution in [1.29, 1.82) is 0 Å². The summed E-state index contributed by atoms with van der Waals surface area (Å²) in [4.78, 5) is 11.4. The van der Waals surface area contributed by atoms with Gasteiger partial charge in [-0.1, -0.05) is 42.5 Å². The second-order valence-electron chi connectivity index (χ2n) is 13.7. The molecule has 1 aromatic carbocycles. The number of benzene rings is 1. The van der Waals surface area contributed by atoms with Gasteiger partial charge < -0.3 is 24.1 Å². The van der Waals surface area contributed by atoms with Gasteiger partial charge in [0.05, 0.1) is 38.7 Å². The predicted molar refractivity (Wildman–Crippen MR) is 174 cm³/mol. The summed E-state index contributed by atoms with van der Waals surface area (Å²) in [5.74, 6) is -45.4. The third kappa shape index (κ3) is 10.4. The van der Waals surface area contributed by atoms with Crippen LogP contribution < -0.4 is 5.11 Å². The molecule has 5 nitrogen and oxygen atoms in total. The quantitative estimate of drug-likeness (QED) is 0.0534. The highest BCUT2D eigenvalue weighted by Gasteiger charge is 2.91. The largest absolute Gasteiger partial charge is 0.549 e. The van der Waals surface area contributed by atoms with Crippen molar-refractivity contribution in [2.75, 3.05) is 39.3 Å². The summed E-state index contributed by atoms with van der Waals surface area (Å²) in [6.45, 7) is 2.03. The van der Waals surface area contributed by atoms with Crippen molar-refractivity contribution in [3.8, 4) is 0 Å². The van der Waals surface area contributed by atoms with E-state index in [2.05, 4.69) is 0 Å². The van der Waals surface area contributed by atoms with E-state index >= 15 is 8.78 Å². The number of carboxylic acids is 1. The van der Waals surface area contributed by atoms with Gasteiger partial charge in [0.25, 0.3) is 0 Å². The number of hydrogen-bond donors (Lipinski definition) is 0. The van der Waals surface area contributed by atoms with E-state index in [1.165, 1.54) is 31.9 Å². The summed E-state index contributed by atoms with van der Waals surface area (Å²) in [6.07, 6.45) is -3.03. The van der Waals surface area contributed by atoms with Gasteiger partial charge >= 0.3 is 35.8 Å². The molecule has 0 heterocycles. The maximum absolute atomic E-state index is 15.5. The third-order valence-electron chi connectivity index (χ3n) is 10.1. The van der Waals surface area contributed by atoms with E-state index < -0.39 is 72.4 Å². The minimum Gasteiger partial charge on any atom is -0.549 e. The van der Waals surface area contributed by atoms with Crippen molar-refractivity contribution in [1.82, 2.24) is 0 Å². The van der Waals surface area contributed by atoms with Crippen molar-refractivity contribution in [3.63, 3.8) is 0 Å². The van der Waals surface area contributed by atoms with Crippen LogP contribution in [-0.2, 0) is 25.4 Å². The molecule has 0 amide bonds. The molecule has 7 unspecified atom stereocenters. The fourth-order valence-electron chi connectivity index (χ4n) is 7.16. The number of halogens is 13. The fourth-order valence-corrected chi connectivity index (χ4v) is 8.31. The first kappa shape index (κ1) is 46.7. The molecule has 7 atom stereocenters. The lowest BCUT2D eigenvalue weighted by atomic mass is 9.82. The molecule has 3 rings (SSSR count). The molecule has 2 saturated carbocycles. The second-order valence-corrected chi connectivity index (χ2v) is 15.0. The number of ether oxygens (including phenoxy) is 3. The zero-order valence-corrected chi connectivity index (χ0v) is 30.5. The van der Waals surface area contributed by atoms with Gasteiger partial charge in [0.1, 0.15) is 0 Å². The average Bonchev–Trinajstić information content (AvgIpc) is 3.71. The van der Waals surface area contributed by atoms with Crippen molar-refractivity contribution >= 4 is 17.7 Å². The highest BCUT2D eigenvalue weighted by atomic mass is 32.2. The summed E-state index contributed by atoms with van der Waals surface area (Å²) in [5.41, 5.74) is 0.927. The Balaban J connectivity index is 1.93. The summed E-state index contributed by atoms with van der Waals surface area (Å²) in [6, 6.07) is 9.19. The number of hydrogen-bond acceptors (Lipinski definition) is 6. The minimum atomic E-state index is -7.98. The van der Waals surface area contributed by atoms with Gasteiger partial charge in [0, 0.05) is 24.0 Å². The van der Waals surface area contributed by atoms with E-state index in [-0.39, 0.29) is 55.2 Å². The number of alkyl halides is 13. The Morgan fingerprint density at radius 3 is 2.04 bits per heavy atom. The summed E-state index contributed by atoms with van der Waals surface area (Å²) < 4.78 is 199. The first-order valence-corrected chi connectivity index (χ1v) is 18.3. The van der Waals surface area contributed by atoms with Gasteiger partial charge in [-0.2, -0.15) is 68.8 Å². The molecule has 0 spiro atoms. The number of thioether (sulfide) groups is 1. The lowest BCUT2D eigenvalue weighted by molar-refractivity contribution is -0.443. The molecule has 0 N–H and O–H groups in total. The smallest absolute Gasteiger partial charge is 0.460 e. The molecule has 314 valence electrons. The Kier molecular flexibility index (Phi) is 15.9. The summed E-state index contributed by atoms with van der Waals surface area (Å²) >= 11 is 1.18. The molecule has 19 heteroatoms. The maximum Gasteiger partial charge on any atom is 0.460 e. The number of methoxy groups -OCH3 is 1. The van der Waals surface area contributed by atoms with Crippen LogP contribution >= 0.6 is 11.8 Å². The Morgan fingerprint density at radius 2 is 1.45 bits per heavy atom. The van der Waals surface area contributed by atoms with E-state index in [1.54, 1.807) is 6.08 Å². The van der Waals surface area contributed by atoms with Crippen molar-refractivity contribution in [2.45, 2.75) is 80.1 Å². The van der Waals surface area contributed by atoms with E-state index in [9.17, 15) is 58.2 Å². The highest BCUT2D eigenvalue weighted by Crippen LogP contribution is 2.63. The average molecular weight is 834 g/mol. The first-order valence-electron chi connectivity index (χ1n) is 17.3.